The van der Waals surface area contributed by atoms with Crippen LogP contribution in [0.15, 0.2) is 76.3 Å². The Hall–Kier alpha value is -4.35. The number of hydrogen-bond donors (Lipinski definition) is 1. The Morgan fingerprint density at radius 1 is 1.06 bits per heavy atom. The van der Waals surface area contributed by atoms with Gasteiger partial charge in [0.1, 0.15) is 23.3 Å². The first-order valence-electron chi connectivity index (χ1n) is 10.9. The number of hydrogen-bond acceptors (Lipinski definition) is 6. The van der Waals surface area contributed by atoms with Gasteiger partial charge in [0.25, 0.3) is 5.56 Å². The minimum absolute atomic E-state index is 0.263. The third-order valence-corrected chi connectivity index (χ3v) is 5.60. The Balaban J connectivity index is 1.65. The molecule has 0 spiro atoms. The van der Waals surface area contributed by atoms with Crippen molar-refractivity contribution in [1.29, 1.82) is 5.26 Å². The first-order chi connectivity index (χ1) is 16.9. The number of halogens is 1. The van der Waals surface area contributed by atoms with E-state index in [4.69, 9.17) is 21.6 Å². The summed E-state index contributed by atoms with van der Waals surface area (Å²) in [6.07, 6.45) is 0. The molecule has 0 bridgehead atoms. The molecule has 1 N–H and O–H groups in total. The lowest BCUT2D eigenvalue weighted by atomic mass is 10.2. The molecule has 35 heavy (non-hydrogen) atoms. The summed E-state index contributed by atoms with van der Waals surface area (Å²) in [5.41, 5.74) is 1.82. The molecule has 2 heterocycles. The second kappa shape index (κ2) is 10.3. The lowest BCUT2D eigenvalue weighted by Gasteiger charge is -2.17. The number of nitrogens with zero attached hydrogens (tertiary/aromatic N) is 4. The molecule has 0 radical (unpaired) electrons. The predicted molar refractivity (Wildman–Crippen MR) is 135 cm³/mol. The van der Waals surface area contributed by atoms with Crippen LogP contribution < -0.4 is 21.3 Å². The molecule has 8 nitrogen and oxygen atoms in total. The Morgan fingerprint density at radius 3 is 2.51 bits per heavy atom. The summed E-state index contributed by atoms with van der Waals surface area (Å²) >= 11 is 5.99. The number of rotatable bonds is 7. The summed E-state index contributed by atoms with van der Waals surface area (Å²) in [6, 6.07) is 20.9. The molecule has 0 aliphatic carbocycles. The highest BCUT2D eigenvalue weighted by atomic mass is 35.5. The fraction of sp³-hybridized carbons (Fsp3) is 0.154. The number of nitrogens with one attached hydrogen (secondary N) is 1. The van der Waals surface area contributed by atoms with Gasteiger partial charge in [-0.05, 0) is 61.4 Å². The molecule has 0 fully saturated rings. The summed E-state index contributed by atoms with van der Waals surface area (Å²) in [5.74, 6) is 1.25. The van der Waals surface area contributed by atoms with Gasteiger partial charge in [0, 0.05) is 29.4 Å². The quantitative estimate of drug-likeness (QED) is 0.400. The third-order valence-electron chi connectivity index (χ3n) is 5.35. The zero-order valence-electron chi connectivity index (χ0n) is 19.2. The maximum atomic E-state index is 13.1. The van der Waals surface area contributed by atoms with E-state index in [2.05, 4.69) is 10.3 Å². The van der Waals surface area contributed by atoms with Crippen molar-refractivity contribution >= 4 is 23.1 Å². The molecule has 4 aromatic rings. The number of aryl methyl sites for hydroxylation is 1. The van der Waals surface area contributed by atoms with Crippen LogP contribution in [0.3, 0.4) is 0 Å². The lowest BCUT2D eigenvalue weighted by molar-refractivity contribution is 0.459. The van der Waals surface area contributed by atoms with Crippen molar-refractivity contribution in [2.75, 3.05) is 5.32 Å². The highest BCUT2D eigenvalue weighted by Gasteiger charge is 2.13. The molecule has 0 unspecified atom stereocenters. The SMILES string of the molecule is CCn1c(=O)cc(Nc2ccc(Oc3cccc(C#N)n3)c(C)c2)n(Cc2ccc(Cl)cc2)c1=O. The summed E-state index contributed by atoms with van der Waals surface area (Å²) < 4.78 is 8.53. The smallest absolute Gasteiger partial charge is 0.332 e. The van der Waals surface area contributed by atoms with E-state index >= 15 is 0 Å². The fourth-order valence-electron chi connectivity index (χ4n) is 3.57. The number of benzene rings is 2. The minimum Gasteiger partial charge on any atom is -0.439 e. The Bertz CT molecular complexity index is 1530. The van der Waals surface area contributed by atoms with Crippen molar-refractivity contribution in [2.24, 2.45) is 0 Å². The number of anilines is 2. The van der Waals surface area contributed by atoms with E-state index in [0.29, 0.717) is 28.2 Å². The van der Waals surface area contributed by atoms with Crippen molar-refractivity contribution in [3.05, 3.63) is 109 Å². The standard InChI is InChI=1S/C26H22ClN5O3/c1-3-31-25(33)14-23(32(26(31)34)16-18-7-9-19(27)10-8-18)29-20-11-12-22(17(2)13-20)35-24-6-4-5-21(15-28)30-24/h4-14,29H,3,16H2,1-2H3. The van der Waals surface area contributed by atoms with Crippen molar-refractivity contribution in [3.63, 3.8) is 0 Å². The Morgan fingerprint density at radius 2 is 1.83 bits per heavy atom. The summed E-state index contributed by atoms with van der Waals surface area (Å²) in [5, 5.41) is 12.8. The van der Waals surface area contributed by atoms with Crippen LogP contribution in [0.4, 0.5) is 11.5 Å². The van der Waals surface area contributed by atoms with Gasteiger partial charge in [-0.25, -0.2) is 9.78 Å². The second-order valence-electron chi connectivity index (χ2n) is 7.79. The van der Waals surface area contributed by atoms with Crippen molar-refractivity contribution < 1.29 is 4.74 Å². The van der Waals surface area contributed by atoms with E-state index in [1.165, 1.54) is 15.2 Å². The van der Waals surface area contributed by atoms with Crippen LogP contribution in [-0.4, -0.2) is 14.1 Å². The van der Waals surface area contributed by atoms with Gasteiger partial charge in [-0.1, -0.05) is 29.8 Å². The van der Waals surface area contributed by atoms with E-state index < -0.39 is 5.69 Å². The van der Waals surface area contributed by atoms with Crippen LogP contribution in [-0.2, 0) is 13.1 Å². The van der Waals surface area contributed by atoms with Gasteiger partial charge >= 0.3 is 5.69 Å². The van der Waals surface area contributed by atoms with Crippen molar-refractivity contribution in [3.8, 4) is 17.7 Å². The van der Waals surface area contributed by atoms with Crippen LogP contribution in [0, 0.1) is 18.3 Å². The van der Waals surface area contributed by atoms with Gasteiger partial charge < -0.3 is 10.1 Å². The highest BCUT2D eigenvalue weighted by Crippen LogP contribution is 2.27. The summed E-state index contributed by atoms with van der Waals surface area (Å²) in [6.45, 7) is 4.15. The number of nitriles is 1. The van der Waals surface area contributed by atoms with Gasteiger partial charge in [-0.2, -0.15) is 5.26 Å². The molecule has 0 saturated heterocycles. The van der Waals surface area contributed by atoms with Crippen molar-refractivity contribution in [1.82, 2.24) is 14.1 Å². The maximum absolute atomic E-state index is 13.1. The molecule has 0 saturated carbocycles. The van der Waals surface area contributed by atoms with Crippen LogP contribution in [0.25, 0.3) is 0 Å². The van der Waals surface area contributed by atoms with Crippen LogP contribution in [0.2, 0.25) is 5.02 Å². The van der Waals surface area contributed by atoms with Crippen LogP contribution >= 0.6 is 11.6 Å². The number of aromatic nitrogens is 3. The maximum Gasteiger partial charge on any atom is 0.332 e. The summed E-state index contributed by atoms with van der Waals surface area (Å²) in [7, 11) is 0. The van der Waals surface area contributed by atoms with Gasteiger partial charge in [0.2, 0.25) is 5.88 Å². The molecule has 2 aromatic carbocycles. The van der Waals surface area contributed by atoms with Gasteiger partial charge in [0.05, 0.1) is 6.54 Å². The second-order valence-corrected chi connectivity index (χ2v) is 8.22. The number of ether oxygens (including phenoxy) is 1. The van der Waals surface area contributed by atoms with E-state index in [-0.39, 0.29) is 24.3 Å². The van der Waals surface area contributed by atoms with E-state index in [0.717, 1.165) is 11.1 Å². The van der Waals surface area contributed by atoms with E-state index in [1.54, 1.807) is 49.4 Å². The fourth-order valence-corrected chi connectivity index (χ4v) is 3.70. The molecule has 176 valence electrons. The predicted octanol–water partition coefficient (Wildman–Crippen LogP) is 4.84. The molecule has 9 heteroatoms. The van der Waals surface area contributed by atoms with Crippen molar-refractivity contribution in [2.45, 2.75) is 26.9 Å². The Labute approximate surface area is 206 Å². The van der Waals surface area contributed by atoms with E-state index in [9.17, 15) is 9.59 Å². The van der Waals surface area contributed by atoms with Crippen LogP contribution in [0.5, 0.6) is 11.6 Å². The zero-order chi connectivity index (χ0) is 24.9. The average molecular weight is 488 g/mol. The largest absolute Gasteiger partial charge is 0.439 e. The van der Waals surface area contributed by atoms with Gasteiger partial charge in [0.15, 0.2) is 0 Å². The minimum atomic E-state index is -0.405. The first-order valence-corrected chi connectivity index (χ1v) is 11.3. The molecule has 0 aliphatic rings. The normalized spacial score (nSPS) is 10.6. The lowest BCUT2D eigenvalue weighted by Crippen LogP contribution is -2.40. The third kappa shape index (κ3) is 5.42. The van der Waals surface area contributed by atoms with Gasteiger partial charge in [-0.15, -0.1) is 0 Å². The highest BCUT2D eigenvalue weighted by molar-refractivity contribution is 6.30. The van der Waals surface area contributed by atoms with Crippen LogP contribution in [0.1, 0.15) is 23.7 Å². The topological polar surface area (TPSA) is 102 Å². The van der Waals surface area contributed by atoms with Gasteiger partial charge in [-0.3, -0.25) is 13.9 Å². The number of pyridine rings is 1. The monoisotopic (exact) mass is 487 g/mol. The summed E-state index contributed by atoms with van der Waals surface area (Å²) in [4.78, 5) is 29.8. The molecule has 0 atom stereocenters. The average Bonchev–Trinajstić information content (AvgIpc) is 2.85. The molecule has 0 aliphatic heterocycles. The van der Waals surface area contributed by atoms with E-state index in [1.807, 2.05) is 31.2 Å². The molecule has 4 rings (SSSR count). The molecular formula is C26H22ClN5O3. The molecular weight excluding hydrogens is 466 g/mol. The molecule has 0 amide bonds. The Kier molecular flexibility index (Phi) is 6.99. The zero-order valence-corrected chi connectivity index (χ0v) is 19.9. The first kappa shape index (κ1) is 23.8. The molecule has 2 aromatic heterocycles.